The number of nitrogens with one attached hydrogen (secondary N) is 2. The highest BCUT2D eigenvalue weighted by Gasteiger charge is 2.26. The molecule has 1 aliphatic heterocycles. The van der Waals surface area contributed by atoms with E-state index in [-0.39, 0.29) is 11.9 Å². The van der Waals surface area contributed by atoms with Gasteiger partial charge >= 0.3 is 6.03 Å². The summed E-state index contributed by atoms with van der Waals surface area (Å²) in [7, 11) is 1.50. The maximum Gasteiger partial charge on any atom is 0.321 e. The summed E-state index contributed by atoms with van der Waals surface area (Å²) in [4.78, 5) is 24.8. The molecule has 0 aliphatic carbocycles. The van der Waals surface area contributed by atoms with Crippen LogP contribution in [0, 0.1) is 5.92 Å². The zero-order chi connectivity index (χ0) is 12.1. The van der Waals surface area contributed by atoms with Gasteiger partial charge in [0.1, 0.15) is 0 Å². The van der Waals surface area contributed by atoms with Crippen LogP contribution in [-0.4, -0.2) is 43.0 Å². The van der Waals surface area contributed by atoms with Crippen LogP contribution in [0.4, 0.5) is 4.79 Å². The van der Waals surface area contributed by atoms with Gasteiger partial charge in [-0.05, 0) is 32.2 Å². The minimum Gasteiger partial charge on any atom is -0.341 e. The lowest BCUT2D eigenvalue weighted by atomic mass is 9.99. The molecule has 2 N–H and O–H groups in total. The number of carbonyl (C=O) groups is 2. The van der Waals surface area contributed by atoms with E-state index in [2.05, 4.69) is 22.5 Å². The van der Waals surface area contributed by atoms with Gasteiger partial charge in [0.05, 0.1) is 6.04 Å². The molecule has 92 valence electrons. The van der Waals surface area contributed by atoms with Gasteiger partial charge in [-0.3, -0.25) is 15.0 Å². The smallest absolute Gasteiger partial charge is 0.321 e. The molecular weight excluding hydrogens is 206 g/mol. The van der Waals surface area contributed by atoms with Crippen LogP contribution in [0.15, 0.2) is 0 Å². The minimum absolute atomic E-state index is 0.228. The molecule has 0 unspecified atom stereocenters. The Bertz CT molecular complexity index is 268. The summed E-state index contributed by atoms with van der Waals surface area (Å²) in [6.07, 6.45) is 2.35. The van der Waals surface area contributed by atoms with Crippen molar-refractivity contribution in [1.29, 1.82) is 0 Å². The number of urea groups is 1. The van der Waals surface area contributed by atoms with Crippen molar-refractivity contribution in [3.8, 4) is 0 Å². The topological polar surface area (TPSA) is 61.4 Å². The van der Waals surface area contributed by atoms with Gasteiger partial charge in [0.2, 0.25) is 5.91 Å². The Balaban J connectivity index is 2.46. The van der Waals surface area contributed by atoms with Crippen molar-refractivity contribution in [2.75, 3.05) is 20.1 Å². The zero-order valence-electron chi connectivity index (χ0n) is 10.2. The van der Waals surface area contributed by atoms with Gasteiger partial charge in [-0.1, -0.05) is 6.92 Å². The number of amides is 3. The predicted octanol–water partition coefficient (Wildman–Crippen LogP) is 0.562. The molecule has 0 aromatic heterocycles. The third kappa shape index (κ3) is 3.48. The van der Waals surface area contributed by atoms with E-state index >= 15 is 0 Å². The first-order valence-electron chi connectivity index (χ1n) is 5.81. The Morgan fingerprint density at radius 3 is 2.69 bits per heavy atom. The number of likely N-dealkylation sites (tertiary alicyclic amines) is 1. The van der Waals surface area contributed by atoms with Crippen molar-refractivity contribution in [3.63, 3.8) is 0 Å². The van der Waals surface area contributed by atoms with Crippen molar-refractivity contribution in [2.24, 2.45) is 5.92 Å². The largest absolute Gasteiger partial charge is 0.341 e. The molecular formula is C11H21N3O2. The van der Waals surface area contributed by atoms with Crippen LogP contribution in [0.5, 0.6) is 0 Å². The zero-order valence-corrected chi connectivity index (χ0v) is 10.2. The molecule has 1 heterocycles. The quantitative estimate of drug-likeness (QED) is 0.724. The molecule has 1 saturated heterocycles. The molecule has 16 heavy (non-hydrogen) atoms. The van der Waals surface area contributed by atoms with Crippen LogP contribution in [0.25, 0.3) is 0 Å². The van der Waals surface area contributed by atoms with Crippen molar-refractivity contribution in [3.05, 3.63) is 0 Å². The summed E-state index contributed by atoms with van der Waals surface area (Å²) in [6.45, 7) is 5.90. The minimum atomic E-state index is -0.443. The molecule has 1 fully saturated rings. The second-order valence-corrected chi connectivity index (χ2v) is 4.49. The number of carbonyl (C=O) groups excluding carboxylic acids is 2. The number of rotatable bonds is 2. The van der Waals surface area contributed by atoms with E-state index in [0.29, 0.717) is 5.92 Å². The average Bonchev–Trinajstić information content (AvgIpc) is 2.27. The molecule has 0 aromatic carbocycles. The lowest BCUT2D eigenvalue weighted by molar-refractivity contribution is -0.125. The molecule has 0 aromatic rings. The number of nitrogens with zero attached hydrogens (tertiary/aromatic N) is 1. The van der Waals surface area contributed by atoms with Crippen LogP contribution in [0.1, 0.15) is 26.7 Å². The highest BCUT2D eigenvalue weighted by Crippen LogP contribution is 2.17. The second kappa shape index (κ2) is 5.84. The summed E-state index contributed by atoms with van der Waals surface area (Å²) >= 11 is 0. The van der Waals surface area contributed by atoms with E-state index in [1.165, 1.54) is 13.5 Å². The van der Waals surface area contributed by atoms with Gasteiger partial charge in [-0.15, -0.1) is 0 Å². The third-order valence-corrected chi connectivity index (χ3v) is 3.08. The molecule has 1 rings (SSSR count). The van der Waals surface area contributed by atoms with Gasteiger partial charge in [0.25, 0.3) is 0 Å². The summed E-state index contributed by atoms with van der Waals surface area (Å²) in [5.74, 6) is 0.400. The average molecular weight is 227 g/mol. The van der Waals surface area contributed by atoms with Crippen molar-refractivity contribution < 1.29 is 9.59 Å². The van der Waals surface area contributed by atoms with Crippen LogP contribution >= 0.6 is 0 Å². The molecule has 5 nitrogen and oxygen atoms in total. The summed E-state index contributed by atoms with van der Waals surface area (Å²) in [6, 6.07) is -0.679. The van der Waals surface area contributed by atoms with Crippen molar-refractivity contribution in [2.45, 2.75) is 32.7 Å². The first kappa shape index (κ1) is 13.0. The number of hydrogen-bond donors (Lipinski definition) is 2. The van der Waals surface area contributed by atoms with Crippen molar-refractivity contribution in [1.82, 2.24) is 15.5 Å². The molecule has 0 saturated carbocycles. The Morgan fingerprint density at radius 1 is 1.44 bits per heavy atom. The Kier molecular flexibility index (Phi) is 4.73. The Morgan fingerprint density at radius 2 is 2.12 bits per heavy atom. The fourth-order valence-electron chi connectivity index (χ4n) is 2.02. The standard InChI is InChI=1S/C11H21N3O2/c1-8-5-4-6-14(7-8)9(2)10(15)13-11(16)12-3/h8-9H,4-7H2,1-3H3,(H2,12,13,15,16)/t8-,9-/m0/s1. The van der Waals surface area contributed by atoms with Gasteiger partial charge in [0.15, 0.2) is 0 Å². The van der Waals surface area contributed by atoms with E-state index in [1.807, 2.05) is 6.92 Å². The molecule has 0 radical (unpaired) electrons. The van der Waals surface area contributed by atoms with Crippen LogP contribution < -0.4 is 10.6 Å². The van der Waals surface area contributed by atoms with Gasteiger partial charge in [0, 0.05) is 13.6 Å². The first-order chi connectivity index (χ1) is 7.54. The van der Waals surface area contributed by atoms with Gasteiger partial charge in [-0.2, -0.15) is 0 Å². The van der Waals surface area contributed by atoms with Crippen molar-refractivity contribution >= 4 is 11.9 Å². The highest BCUT2D eigenvalue weighted by molar-refractivity contribution is 5.96. The normalized spacial score (nSPS) is 23.6. The van der Waals surface area contributed by atoms with Crippen LogP contribution in [0.3, 0.4) is 0 Å². The third-order valence-electron chi connectivity index (χ3n) is 3.08. The lowest BCUT2D eigenvalue weighted by Crippen LogP contribution is -2.51. The van der Waals surface area contributed by atoms with E-state index in [1.54, 1.807) is 0 Å². The molecule has 2 atom stereocenters. The fraction of sp³-hybridized carbons (Fsp3) is 0.818. The maximum absolute atomic E-state index is 11.7. The lowest BCUT2D eigenvalue weighted by Gasteiger charge is -2.34. The second-order valence-electron chi connectivity index (χ2n) is 4.49. The van der Waals surface area contributed by atoms with E-state index in [0.717, 1.165) is 19.5 Å². The predicted molar refractivity (Wildman–Crippen MR) is 62.0 cm³/mol. The van der Waals surface area contributed by atoms with E-state index in [4.69, 9.17) is 0 Å². The van der Waals surface area contributed by atoms with Gasteiger partial charge < -0.3 is 5.32 Å². The van der Waals surface area contributed by atoms with E-state index in [9.17, 15) is 9.59 Å². The van der Waals surface area contributed by atoms with E-state index < -0.39 is 6.03 Å². The van der Waals surface area contributed by atoms with Crippen LogP contribution in [0.2, 0.25) is 0 Å². The molecule has 5 heteroatoms. The molecule has 3 amide bonds. The molecule has 0 spiro atoms. The summed E-state index contributed by atoms with van der Waals surface area (Å²) in [5.41, 5.74) is 0. The SMILES string of the molecule is CNC(=O)NC(=O)[C@H](C)N1CCC[C@H](C)C1. The maximum atomic E-state index is 11.7. The number of piperidine rings is 1. The summed E-state index contributed by atoms with van der Waals surface area (Å²) < 4.78 is 0. The van der Waals surface area contributed by atoms with Crippen LogP contribution in [-0.2, 0) is 4.79 Å². The Labute approximate surface area is 96.6 Å². The fourth-order valence-corrected chi connectivity index (χ4v) is 2.02. The monoisotopic (exact) mass is 227 g/mol. The molecule has 0 bridgehead atoms. The Hall–Kier alpha value is -1.10. The highest BCUT2D eigenvalue weighted by atomic mass is 16.2. The molecule has 1 aliphatic rings. The first-order valence-corrected chi connectivity index (χ1v) is 5.81. The number of imide groups is 1. The number of hydrogen-bond acceptors (Lipinski definition) is 3. The summed E-state index contributed by atoms with van der Waals surface area (Å²) in [5, 5.41) is 4.68. The van der Waals surface area contributed by atoms with Gasteiger partial charge in [-0.25, -0.2) is 4.79 Å².